The number of hydrogen-bond donors (Lipinski definition) is 3. The smallest absolute Gasteiger partial charge is 0.329 e. The fraction of sp³-hybridized carbons (Fsp3) is 0.692. The van der Waals surface area contributed by atoms with Crippen LogP contribution in [-0.4, -0.2) is 144 Å². The van der Waals surface area contributed by atoms with Crippen LogP contribution in [0.2, 0.25) is 0 Å². The van der Waals surface area contributed by atoms with E-state index in [-0.39, 0.29) is 67.8 Å². The van der Waals surface area contributed by atoms with Gasteiger partial charge in [0, 0.05) is 59.4 Å². The van der Waals surface area contributed by atoms with Gasteiger partial charge in [0.25, 0.3) is 11.8 Å². The zero-order chi connectivity index (χ0) is 51.5. The van der Waals surface area contributed by atoms with E-state index < -0.39 is 65.2 Å². The SMILES string of the molecule is CCC.COC(CC(=O)N1CCCC1C(OC)C(C)C(=O)NC(Cc1ccccc1)C(=O)OC(C)(C)C)C(C1CCCC1)N(C)C(=O)CNC(=O)C(C)(C)NC(=O)CCCCCN1C(=O)C=CC1=O. The van der Waals surface area contributed by atoms with Crippen molar-refractivity contribution < 1.29 is 52.6 Å². The van der Waals surface area contributed by atoms with Gasteiger partial charge in [-0.05, 0) is 84.6 Å². The topological polar surface area (TPSA) is 210 Å². The van der Waals surface area contributed by atoms with Crippen LogP contribution in [0.25, 0.3) is 0 Å². The fourth-order valence-corrected chi connectivity index (χ4v) is 9.33. The Hall–Kier alpha value is -5.16. The Labute approximate surface area is 410 Å². The number of esters is 1. The van der Waals surface area contributed by atoms with Gasteiger partial charge in [-0.3, -0.25) is 38.5 Å². The zero-order valence-electron chi connectivity index (χ0n) is 43.2. The van der Waals surface area contributed by atoms with Crippen molar-refractivity contribution >= 4 is 47.3 Å². The number of hydrogen-bond acceptors (Lipinski definition) is 11. The van der Waals surface area contributed by atoms with Crippen molar-refractivity contribution in [3.63, 3.8) is 0 Å². The highest BCUT2D eigenvalue weighted by Crippen LogP contribution is 2.35. The first-order valence-corrected chi connectivity index (χ1v) is 24.9. The number of likely N-dealkylation sites (N-methyl/N-ethyl adjacent to an activating group) is 1. The Kier molecular flexibility index (Phi) is 23.5. The van der Waals surface area contributed by atoms with Crippen molar-refractivity contribution in [1.82, 2.24) is 30.7 Å². The van der Waals surface area contributed by atoms with Gasteiger partial charge in [-0.15, -0.1) is 0 Å². The molecule has 7 amide bonds. The summed E-state index contributed by atoms with van der Waals surface area (Å²) in [6.07, 6.45) is 9.27. The first kappa shape index (κ1) is 58.2. The molecule has 1 aromatic rings. The molecule has 17 nitrogen and oxygen atoms in total. The van der Waals surface area contributed by atoms with Crippen molar-refractivity contribution in [3.8, 4) is 0 Å². The van der Waals surface area contributed by atoms with E-state index in [4.69, 9.17) is 14.2 Å². The molecule has 0 aromatic heterocycles. The second-order valence-electron chi connectivity index (χ2n) is 20.1. The molecule has 69 heavy (non-hydrogen) atoms. The van der Waals surface area contributed by atoms with Gasteiger partial charge in [-0.25, -0.2) is 4.79 Å². The lowest BCUT2D eigenvalue weighted by molar-refractivity contribution is -0.159. The number of nitrogens with zero attached hydrogens (tertiary/aromatic N) is 3. The van der Waals surface area contributed by atoms with Gasteiger partial charge in [0.2, 0.25) is 29.5 Å². The van der Waals surface area contributed by atoms with Gasteiger partial charge in [0.15, 0.2) is 0 Å². The Morgan fingerprint density at radius 2 is 1.48 bits per heavy atom. The summed E-state index contributed by atoms with van der Waals surface area (Å²) in [6, 6.07) is 7.51. The largest absolute Gasteiger partial charge is 0.458 e. The van der Waals surface area contributed by atoms with Gasteiger partial charge in [0.05, 0.1) is 43.2 Å². The molecule has 6 atom stereocenters. The van der Waals surface area contributed by atoms with Crippen molar-refractivity contribution in [2.45, 2.75) is 180 Å². The molecule has 0 bridgehead atoms. The second kappa shape index (κ2) is 27.9. The quantitative estimate of drug-likeness (QED) is 0.0711. The molecule has 2 heterocycles. The van der Waals surface area contributed by atoms with Gasteiger partial charge in [-0.2, -0.15) is 0 Å². The van der Waals surface area contributed by atoms with Crippen LogP contribution in [-0.2, 0) is 59.0 Å². The minimum Gasteiger partial charge on any atom is -0.458 e. The lowest BCUT2D eigenvalue weighted by Gasteiger charge is -2.39. The van der Waals surface area contributed by atoms with Crippen LogP contribution in [0, 0.1) is 11.8 Å². The minimum atomic E-state index is -1.32. The molecular formula is C52H82N6O11. The van der Waals surface area contributed by atoms with Crippen molar-refractivity contribution in [2.75, 3.05) is 40.9 Å². The van der Waals surface area contributed by atoms with Crippen LogP contribution in [0.3, 0.4) is 0 Å². The number of methoxy groups -OCH3 is 2. The van der Waals surface area contributed by atoms with Crippen LogP contribution in [0.15, 0.2) is 42.5 Å². The monoisotopic (exact) mass is 967 g/mol. The first-order chi connectivity index (χ1) is 32.6. The predicted molar refractivity (Wildman–Crippen MR) is 262 cm³/mol. The lowest BCUT2D eigenvalue weighted by Crippen LogP contribution is -2.57. The Morgan fingerprint density at radius 3 is 2.06 bits per heavy atom. The molecule has 17 heteroatoms. The maximum atomic E-state index is 14.3. The predicted octanol–water partition coefficient (Wildman–Crippen LogP) is 5.03. The number of benzene rings is 1. The number of nitrogens with one attached hydrogen (secondary N) is 3. The maximum absolute atomic E-state index is 14.3. The molecule has 2 fully saturated rings. The van der Waals surface area contributed by atoms with Crippen molar-refractivity contribution in [2.24, 2.45) is 11.8 Å². The summed E-state index contributed by atoms with van der Waals surface area (Å²) in [5.74, 6) is -3.79. The summed E-state index contributed by atoms with van der Waals surface area (Å²) >= 11 is 0. The molecule has 0 radical (unpaired) electrons. The lowest BCUT2D eigenvalue weighted by atomic mass is 9.89. The highest BCUT2D eigenvalue weighted by Gasteiger charge is 2.44. The molecule has 3 N–H and O–H groups in total. The first-order valence-electron chi connectivity index (χ1n) is 24.9. The Bertz CT molecular complexity index is 1890. The molecule has 0 spiro atoms. The van der Waals surface area contributed by atoms with Crippen molar-refractivity contribution in [1.29, 1.82) is 0 Å². The normalized spacial score (nSPS) is 18.4. The number of rotatable bonds is 24. The molecule has 3 aliphatic rings. The number of carbonyl (C=O) groups excluding carboxylic acids is 8. The van der Waals surface area contributed by atoms with Crippen molar-refractivity contribution in [3.05, 3.63) is 48.0 Å². The van der Waals surface area contributed by atoms with E-state index in [2.05, 4.69) is 29.8 Å². The summed E-state index contributed by atoms with van der Waals surface area (Å²) in [5, 5.41) is 8.34. The van der Waals surface area contributed by atoms with E-state index >= 15 is 0 Å². The fourth-order valence-electron chi connectivity index (χ4n) is 9.33. The van der Waals surface area contributed by atoms with E-state index in [1.54, 1.807) is 58.4 Å². The van der Waals surface area contributed by atoms with Gasteiger partial charge in [-0.1, -0.05) is 76.8 Å². The van der Waals surface area contributed by atoms with Crippen LogP contribution >= 0.6 is 0 Å². The van der Waals surface area contributed by atoms with Crippen LogP contribution in [0.5, 0.6) is 0 Å². The number of ether oxygens (including phenoxy) is 3. The molecule has 4 rings (SSSR count). The van der Waals surface area contributed by atoms with Gasteiger partial charge < -0.3 is 40.0 Å². The third-order valence-electron chi connectivity index (χ3n) is 12.9. The van der Waals surface area contributed by atoms with E-state index in [9.17, 15) is 38.4 Å². The third-order valence-corrected chi connectivity index (χ3v) is 12.9. The van der Waals surface area contributed by atoms with Crippen LogP contribution in [0.1, 0.15) is 138 Å². The van der Waals surface area contributed by atoms with E-state index in [0.29, 0.717) is 38.6 Å². The molecular weight excluding hydrogens is 885 g/mol. The molecule has 6 unspecified atom stereocenters. The van der Waals surface area contributed by atoms with Crippen LogP contribution in [0.4, 0.5) is 0 Å². The molecule has 1 saturated carbocycles. The number of amides is 7. The second-order valence-corrected chi connectivity index (χ2v) is 20.1. The highest BCUT2D eigenvalue weighted by atomic mass is 16.6. The average molecular weight is 967 g/mol. The summed E-state index contributed by atoms with van der Waals surface area (Å²) in [6.45, 7) is 14.8. The van der Waals surface area contributed by atoms with E-state index in [1.807, 2.05) is 30.3 Å². The Morgan fingerprint density at radius 1 is 0.855 bits per heavy atom. The molecule has 386 valence electrons. The standard InChI is InChI=1S/C49H74N6O11.C3H8/c1-32(45(61)51-35(46(62)66-48(2,3)4)29-33-19-12-10-13-20-33)44(65-9)36-23-18-28-54(36)41(59)30-37(64-8)43(34-21-15-16-22-34)53(7)42(60)31-50-47(63)49(5,6)52-38(56)24-14-11-17-27-55-39(57)25-26-40(55)58;1-3-2/h10,12-13,19-20,25-26,32,34-37,43-44H,11,14-18,21-24,27-31H2,1-9H3,(H,50,63)(H,51,61)(H,52,56);3H2,1-2H3. The number of carbonyl (C=O) groups is 8. The van der Waals surface area contributed by atoms with Gasteiger partial charge in [0.1, 0.15) is 17.2 Å². The van der Waals surface area contributed by atoms with E-state index in [0.717, 1.165) is 36.1 Å². The molecule has 1 saturated heterocycles. The highest BCUT2D eigenvalue weighted by molar-refractivity contribution is 6.12. The number of unbranched alkanes of at least 4 members (excludes halogenated alkanes) is 2. The Balaban J connectivity index is 0.00000409. The molecule has 1 aliphatic carbocycles. The van der Waals surface area contributed by atoms with Crippen LogP contribution < -0.4 is 16.0 Å². The molecule has 2 aliphatic heterocycles. The van der Waals surface area contributed by atoms with Gasteiger partial charge >= 0.3 is 5.97 Å². The summed E-state index contributed by atoms with van der Waals surface area (Å²) in [5.41, 5.74) is -1.23. The maximum Gasteiger partial charge on any atom is 0.329 e. The number of imide groups is 1. The minimum absolute atomic E-state index is 0.0300. The summed E-state index contributed by atoms with van der Waals surface area (Å²) < 4.78 is 17.7. The summed E-state index contributed by atoms with van der Waals surface area (Å²) in [7, 11) is 4.70. The third kappa shape index (κ3) is 17.9. The zero-order valence-corrected chi connectivity index (χ0v) is 43.2. The van der Waals surface area contributed by atoms with E-state index in [1.165, 1.54) is 32.8 Å². The summed E-state index contributed by atoms with van der Waals surface area (Å²) in [4.78, 5) is 110. The number of likely N-dealkylation sites (tertiary alicyclic amines) is 1. The molecule has 1 aromatic carbocycles. The average Bonchev–Trinajstić information content (AvgIpc) is 4.07.